The molecule has 4 rings (SSSR count). The molecule has 2 aliphatic rings. The lowest BCUT2D eigenvalue weighted by Crippen LogP contribution is -2.38. The molecule has 0 spiro atoms. The third-order valence-electron chi connectivity index (χ3n) is 5.59. The van der Waals surface area contributed by atoms with E-state index >= 15 is 0 Å². The van der Waals surface area contributed by atoms with Crippen molar-refractivity contribution in [3.63, 3.8) is 0 Å². The Morgan fingerprint density at radius 1 is 1.04 bits per heavy atom. The van der Waals surface area contributed by atoms with Crippen LogP contribution in [0.25, 0.3) is 11.3 Å². The molecule has 0 radical (unpaired) electrons. The van der Waals surface area contributed by atoms with Crippen LogP contribution in [0.5, 0.6) is 0 Å². The van der Waals surface area contributed by atoms with Crippen LogP contribution in [0.15, 0.2) is 47.3 Å². The number of nitrogens with zero attached hydrogens (tertiary/aromatic N) is 3. The Labute approximate surface area is 152 Å². The fraction of sp³-hybridized carbons (Fsp3) is 0.450. The molecule has 0 saturated carbocycles. The molecule has 6 heteroatoms. The number of fused-ring (bicyclic) bond motifs is 1. The van der Waals surface area contributed by atoms with Gasteiger partial charge in [-0.1, -0.05) is 30.3 Å². The first-order valence-corrected chi connectivity index (χ1v) is 9.33. The molecule has 6 nitrogen and oxygen atoms in total. The van der Waals surface area contributed by atoms with Crippen LogP contribution >= 0.6 is 0 Å². The second kappa shape index (κ2) is 7.41. The predicted molar refractivity (Wildman–Crippen MR) is 99.6 cm³/mol. The van der Waals surface area contributed by atoms with Gasteiger partial charge in [0.05, 0.1) is 5.69 Å². The Balaban J connectivity index is 1.48. The molecule has 136 valence electrons. The van der Waals surface area contributed by atoms with E-state index in [0.29, 0.717) is 17.5 Å². The molecular formula is C20H24N4O2. The molecule has 1 aromatic carbocycles. The highest BCUT2D eigenvalue weighted by molar-refractivity contribution is 5.76. The van der Waals surface area contributed by atoms with E-state index in [1.807, 2.05) is 35.2 Å². The second-order valence-electron chi connectivity index (χ2n) is 7.22. The summed E-state index contributed by atoms with van der Waals surface area (Å²) < 4.78 is 1.29. The molecule has 1 amide bonds. The van der Waals surface area contributed by atoms with Crippen molar-refractivity contribution < 1.29 is 4.79 Å². The number of likely N-dealkylation sites (tertiary alicyclic amines) is 1. The van der Waals surface area contributed by atoms with E-state index in [-0.39, 0.29) is 18.0 Å². The molecule has 2 saturated heterocycles. The topological polar surface area (TPSA) is 67.2 Å². The highest BCUT2D eigenvalue weighted by Gasteiger charge is 2.31. The number of hydrogen-bond donors (Lipinski definition) is 1. The van der Waals surface area contributed by atoms with Gasteiger partial charge in [0, 0.05) is 24.7 Å². The maximum Gasteiger partial charge on any atom is 0.267 e. The van der Waals surface area contributed by atoms with Crippen molar-refractivity contribution in [1.29, 1.82) is 0 Å². The van der Waals surface area contributed by atoms with Gasteiger partial charge >= 0.3 is 0 Å². The molecule has 0 unspecified atom stereocenters. The smallest absolute Gasteiger partial charge is 0.267 e. The van der Waals surface area contributed by atoms with Crippen molar-refractivity contribution in [2.45, 2.75) is 19.4 Å². The fourth-order valence-corrected chi connectivity index (χ4v) is 4.02. The van der Waals surface area contributed by atoms with Crippen molar-refractivity contribution in [1.82, 2.24) is 20.0 Å². The third-order valence-corrected chi connectivity index (χ3v) is 5.59. The number of benzene rings is 1. The molecule has 2 fully saturated rings. The van der Waals surface area contributed by atoms with Crippen LogP contribution in [0.2, 0.25) is 0 Å². The minimum atomic E-state index is -0.242. The lowest BCUT2D eigenvalue weighted by molar-refractivity contribution is -0.132. The molecule has 1 aromatic heterocycles. The summed E-state index contributed by atoms with van der Waals surface area (Å²) in [5, 5.41) is 7.85. The molecule has 1 N–H and O–H groups in total. The molecular weight excluding hydrogens is 328 g/mol. The van der Waals surface area contributed by atoms with Crippen molar-refractivity contribution in [2.75, 3.05) is 26.2 Å². The zero-order valence-corrected chi connectivity index (χ0v) is 14.8. The van der Waals surface area contributed by atoms with Gasteiger partial charge in [-0.25, -0.2) is 4.68 Å². The van der Waals surface area contributed by atoms with Gasteiger partial charge < -0.3 is 10.2 Å². The van der Waals surface area contributed by atoms with E-state index in [4.69, 9.17) is 0 Å². The van der Waals surface area contributed by atoms with Crippen LogP contribution in [0.1, 0.15) is 12.8 Å². The Kier molecular flexibility index (Phi) is 4.84. The number of rotatable bonds is 3. The number of amides is 1. The summed E-state index contributed by atoms with van der Waals surface area (Å²) >= 11 is 0. The van der Waals surface area contributed by atoms with E-state index in [0.717, 1.165) is 44.6 Å². The van der Waals surface area contributed by atoms with Crippen molar-refractivity contribution >= 4 is 5.91 Å². The summed E-state index contributed by atoms with van der Waals surface area (Å²) in [4.78, 5) is 26.8. The normalized spacial score (nSPS) is 22.7. The predicted octanol–water partition coefficient (Wildman–Crippen LogP) is 1.37. The van der Waals surface area contributed by atoms with Crippen LogP contribution in [0.4, 0.5) is 0 Å². The average molecular weight is 352 g/mol. The maximum atomic E-state index is 12.8. The summed E-state index contributed by atoms with van der Waals surface area (Å²) in [6, 6.07) is 12.9. The monoisotopic (exact) mass is 352 g/mol. The van der Waals surface area contributed by atoms with Crippen LogP contribution < -0.4 is 10.9 Å². The number of nitrogens with one attached hydrogen (secondary N) is 1. The molecule has 0 bridgehead atoms. The van der Waals surface area contributed by atoms with Gasteiger partial charge in [-0.05, 0) is 43.8 Å². The van der Waals surface area contributed by atoms with Crippen molar-refractivity contribution in [3.05, 3.63) is 52.8 Å². The van der Waals surface area contributed by atoms with Crippen molar-refractivity contribution in [2.24, 2.45) is 11.8 Å². The fourth-order valence-electron chi connectivity index (χ4n) is 4.02. The SMILES string of the molecule is O=C(Cn1nc(-c2ccccc2)ccc1=O)N1CC[C@@H]2CNC[C@@H]2CC1. The minimum Gasteiger partial charge on any atom is -0.341 e. The van der Waals surface area contributed by atoms with Gasteiger partial charge in [0.15, 0.2) is 0 Å². The highest BCUT2D eigenvalue weighted by Crippen LogP contribution is 2.27. The van der Waals surface area contributed by atoms with E-state index in [1.54, 1.807) is 6.07 Å². The summed E-state index contributed by atoms with van der Waals surface area (Å²) in [7, 11) is 0. The van der Waals surface area contributed by atoms with Gasteiger partial charge in [-0.2, -0.15) is 5.10 Å². The van der Waals surface area contributed by atoms with Gasteiger partial charge in [-0.15, -0.1) is 0 Å². The van der Waals surface area contributed by atoms with E-state index in [9.17, 15) is 9.59 Å². The Morgan fingerprint density at radius 2 is 1.73 bits per heavy atom. The molecule has 3 heterocycles. The first-order chi connectivity index (χ1) is 12.7. The number of carbonyl (C=O) groups is 1. The maximum absolute atomic E-state index is 12.8. The van der Waals surface area contributed by atoms with Crippen LogP contribution in [-0.4, -0.2) is 46.8 Å². The van der Waals surface area contributed by atoms with Gasteiger partial charge in [0.1, 0.15) is 6.54 Å². The van der Waals surface area contributed by atoms with Gasteiger partial charge in [-0.3, -0.25) is 9.59 Å². The number of aromatic nitrogens is 2. The Bertz CT molecular complexity index is 819. The zero-order chi connectivity index (χ0) is 17.9. The highest BCUT2D eigenvalue weighted by atomic mass is 16.2. The molecule has 26 heavy (non-hydrogen) atoms. The first kappa shape index (κ1) is 17.0. The largest absolute Gasteiger partial charge is 0.341 e. The summed E-state index contributed by atoms with van der Waals surface area (Å²) in [6.45, 7) is 3.68. The third kappa shape index (κ3) is 3.55. The number of carbonyl (C=O) groups excluding carboxylic acids is 1. The Morgan fingerprint density at radius 3 is 2.42 bits per heavy atom. The standard InChI is InChI=1S/C20H24N4O2/c25-19-7-6-18(15-4-2-1-3-5-15)22-24(19)14-20(26)23-10-8-16-12-21-13-17(16)9-11-23/h1-7,16-17,21H,8-14H2/t16-,17+. The van der Waals surface area contributed by atoms with Gasteiger partial charge in [0.2, 0.25) is 5.91 Å². The Hall–Kier alpha value is -2.47. The first-order valence-electron chi connectivity index (χ1n) is 9.33. The summed E-state index contributed by atoms with van der Waals surface area (Å²) in [5.41, 5.74) is 1.40. The van der Waals surface area contributed by atoms with E-state index < -0.39 is 0 Å². The van der Waals surface area contributed by atoms with Crippen molar-refractivity contribution in [3.8, 4) is 11.3 Å². The van der Waals surface area contributed by atoms with Crippen LogP contribution in [-0.2, 0) is 11.3 Å². The number of hydrogen-bond acceptors (Lipinski definition) is 4. The molecule has 2 aliphatic heterocycles. The molecule has 2 atom stereocenters. The average Bonchev–Trinajstić information content (AvgIpc) is 3.02. The quantitative estimate of drug-likeness (QED) is 0.906. The van der Waals surface area contributed by atoms with E-state index in [1.165, 1.54) is 10.7 Å². The van der Waals surface area contributed by atoms with Crippen LogP contribution in [0, 0.1) is 11.8 Å². The van der Waals surface area contributed by atoms with Gasteiger partial charge in [0.25, 0.3) is 5.56 Å². The zero-order valence-electron chi connectivity index (χ0n) is 14.8. The second-order valence-corrected chi connectivity index (χ2v) is 7.22. The summed E-state index contributed by atoms with van der Waals surface area (Å²) in [6.07, 6.45) is 2.07. The lowest BCUT2D eigenvalue weighted by atomic mass is 9.92. The minimum absolute atomic E-state index is 0.00703. The molecule has 0 aliphatic carbocycles. The lowest BCUT2D eigenvalue weighted by Gasteiger charge is -2.21. The van der Waals surface area contributed by atoms with E-state index in [2.05, 4.69) is 10.4 Å². The van der Waals surface area contributed by atoms with Crippen LogP contribution in [0.3, 0.4) is 0 Å². The summed E-state index contributed by atoms with van der Waals surface area (Å²) in [5.74, 6) is 1.34. The molecule has 2 aromatic rings.